The maximum atomic E-state index is 13.4. The first-order valence-corrected chi connectivity index (χ1v) is 12.0. The largest absolute Gasteiger partial charge is 0.381 e. The molecule has 0 unspecified atom stereocenters. The number of ether oxygens (including phenoxy) is 1. The molecular weight excluding hydrogens is 459 g/mol. The van der Waals surface area contributed by atoms with Crippen molar-refractivity contribution in [3.05, 3.63) is 47.2 Å². The number of hydrogen-bond acceptors (Lipinski definition) is 7. The molecular formula is C23H25FN6O3S. The van der Waals surface area contributed by atoms with Gasteiger partial charge < -0.3 is 14.2 Å². The van der Waals surface area contributed by atoms with E-state index in [1.54, 1.807) is 16.9 Å². The van der Waals surface area contributed by atoms with Crippen LogP contribution in [0.15, 0.2) is 24.3 Å². The number of imidazole rings is 1. The maximum absolute atomic E-state index is 13.4. The molecule has 9 nitrogen and oxygen atoms in total. The normalized spacial score (nSPS) is 20.5. The average molecular weight is 485 g/mol. The zero-order chi connectivity index (χ0) is 24.0. The van der Waals surface area contributed by atoms with Crippen molar-refractivity contribution >= 4 is 29.2 Å². The number of methoxy groups -OCH3 is 1. The van der Waals surface area contributed by atoms with Crippen LogP contribution in [0.2, 0.25) is 0 Å². The van der Waals surface area contributed by atoms with Gasteiger partial charge >= 0.3 is 0 Å². The van der Waals surface area contributed by atoms with E-state index in [1.807, 2.05) is 18.4 Å². The highest BCUT2D eigenvalue weighted by Gasteiger charge is 2.38. The van der Waals surface area contributed by atoms with E-state index in [0.717, 1.165) is 5.69 Å². The second-order valence-corrected chi connectivity index (χ2v) is 9.27. The molecule has 4 heterocycles. The molecule has 178 valence electrons. The molecule has 3 aromatic rings. The van der Waals surface area contributed by atoms with E-state index >= 15 is 0 Å². The highest BCUT2D eigenvalue weighted by molar-refractivity contribution is 7.09. The Bertz CT molecular complexity index is 1240. The molecule has 0 bridgehead atoms. The summed E-state index contributed by atoms with van der Waals surface area (Å²) in [5.74, 6) is 1.22. The van der Waals surface area contributed by atoms with E-state index < -0.39 is 5.82 Å². The summed E-state index contributed by atoms with van der Waals surface area (Å²) in [5.41, 5.74) is 1.20. The quantitative estimate of drug-likeness (QED) is 0.565. The summed E-state index contributed by atoms with van der Waals surface area (Å²) in [4.78, 5) is 39.2. The summed E-state index contributed by atoms with van der Waals surface area (Å²) in [6.07, 6.45) is 0.873. The molecule has 11 heteroatoms. The van der Waals surface area contributed by atoms with E-state index in [9.17, 15) is 14.0 Å². The summed E-state index contributed by atoms with van der Waals surface area (Å²) in [6.45, 7) is 5.18. The molecule has 0 spiro atoms. The van der Waals surface area contributed by atoms with Gasteiger partial charge in [-0.25, -0.2) is 14.4 Å². The van der Waals surface area contributed by atoms with Gasteiger partial charge in [-0.15, -0.1) is 0 Å². The highest BCUT2D eigenvalue weighted by atomic mass is 32.1. The number of carbonyl (C=O) groups excluding carboxylic acids is 2. The SMILES string of the molecule is CO[C@H]1CCN(c2nc(-c3nc(C)ns3)n3c2[C@@H](C)N(C(=O)c2ccc(F)cc2)CC3)C(=O)C1. The van der Waals surface area contributed by atoms with Gasteiger partial charge in [0.1, 0.15) is 11.6 Å². The number of aryl methyl sites for hydroxylation is 1. The molecule has 1 fully saturated rings. The van der Waals surface area contributed by atoms with Crippen LogP contribution in [-0.2, 0) is 16.1 Å². The Kier molecular flexibility index (Phi) is 5.90. The lowest BCUT2D eigenvalue weighted by atomic mass is 10.0. The number of anilines is 1. The molecule has 2 atom stereocenters. The molecule has 2 aliphatic heterocycles. The predicted octanol–water partition coefficient (Wildman–Crippen LogP) is 3.21. The van der Waals surface area contributed by atoms with Crippen LogP contribution in [0.1, 0.15) is 47.7 Å². The van der Waals surface area contributed by atoms with Crippen molar-refractivity contribution < 1.29 is 18.7 Å². The van der Waals surface area contributed by atoms with Crippen LogP contribution in [0, 0.1) is 12.7 Å². The molecule has 0 radical (unpaired) electrons. The molecule has 0 saturated carbocycles. The predicted molar refractivity (Wildman–Crippen MR) is 124 cm³/mol. The lowest BCUT2D eigenvalue weighted by Crippen LogP contribution is -2.44. The van der Waals surface area contributed by atoms with Crippen LogP contribution in [0.3, 0.4) is 0 Å². The molecule has 5 rings (SSSR count). The van der Waals surface area contributed by atoms with E-state index in [0.29, 0.717) is 54.1 Å². The third kappa shape index (κ3) is 3.88. The summed E-state index contributed by atoms with van der Waals surface area (Å²) in [5, 5.41) is 0.676. The van der Waals surface area contributed by atoms with Gasteiger partial charge in [0.25, 0.3) is 5.91 Å². The topological polar surface area (TPSA) is 93.4 Å². The maximum Gasteiger partial charge on any atom is 0.254 e. The van der Waals surface area contributed by atoms with E-state index in [1.165, 1.54) is 35.8 Å². The minimum Gasteiger partial charge on any atom is -0.381 e. The minimum atomic E-state index is -0.390. The molecule has 2 aliphatic rings. The van der Waals surface area contributed by atoms with Gasteiger partial charge in [-0.1, -0.05) is 0 Å². The molecule has 1 aromatic carbocycles. The third-order valence-electron chi connectivity index (χ3n) is 6.45. The average Bonchev–Trinajstić information content (AvgIpc) is 3.43. The number of aromatic nitrogens is 4. The number of nitrogens with zero attached hydrogens (tertiary/aromatic N) is 6. The zero-order valence-electron chi connectivity index (χ0n) is 19.2. The van der Waals surface area contributed by atoms with Gasteiger partial charge in [0, 0.05) is 32.3 Å². The smallest absolute Gasteiger partial charge is 0.254 e. The summed E-state index contributed by atoms with van der Waals surface area (Å²) >= 11 is 1.26. The third-order valence-corrected chi connectivity index (χ3v) is 7.26. The Balaban J connectivity index is 1.56. The molecule has 1 saturated heterocycles. The van der Waals surface area contributed by atoms with Crippen LogP contribution < -0.4 is 4.90 Å². The number of carbonyl (C=O) groups is 2. The first-order chi connectivity index (χ1) is 16.4. The number of benzene rings is 1. The van der Waals surface area contributed by atoms with Gasteiger partial charge in [0.15, 0.2) is 16.6 Å². The van der Waals surface area contributed by atoms with E-state index in [-0.39, 0.29) is 30.4 Å². The van der Waals surface area contributed by atoms with Crippen molar-refractivity contribution in [2.45, 2.75) is 45.4 Å². The van der Waals surface area contributed by atoms with Crippen LogP contribution in [-0.4, -0.2) is 61.9 Å². The fourth-order valence-electron chi connectivity index (χ4n) is 4.66. The first-order valence-electron chi connectivity index (χ1n) is 11.2. The lowest BCUT2D eigenvalue weighted by Gasteiger charge is -2.37. The summed E-state index contributed by atoms with van der Waals surface area (Å²) in [6, 6.07) is 5.19. The first kappa shape index (κ1) is 22.6. The Morgan fingerprint density at radius 1 is 1.18 bits per heavy atom. The molecule has 0 aliphatic carbocycles. The number of hydrogen-bond donors (Lipinski definition) is 0. The number of rotatable bonds is 4. The van der Waals surface area contributed by atoms with Crippen molar-refractivity contribution in [2.24, 2.45) is 0 Å². The zero-order valence-corrected chi connectivity index (χ0v) is 20.0. The molecule has 0 N–H and O–H groups in total. The summed E-state index contributed by atoms with van der Waals surface area (Å²) in [7, 11) is 1.61. The fraction of sp³-hybridized carbons (Fsp3) is 0.435. The van der Waals surface area contributed by atoms with Gasteiger partial charge in [0.05, 0.1) is 24.3 Å². The van der Waals surface area contributed by atoms with Crippen LogP contribution >= 0.6 is 11.5 Å². The van der Waals surface area contributed by atoms with Gasteiger partial charge in [-0.05, 0) is 56.1 Å². The molecule has 2 aromatic heterocycles. The summed E-state index contributed by atoms with van der Waals surface area (Å²) < 4.78 is 25.1. The van der Waals surface area contributed by atoms with Crippen molar-refractivity contribution in [3.63, 3.8) is 0 Å². The van der Waals surface area contributed by atoms with Crippen LogP contribution in [0.4, 0.5) is 10.2 Å². The standard InChI is InChI=1S/C23H25FN6O3S/c1-13-19-20(29-9-8-17(33-3)12-18(29)31)26-21(22-25-14(2)27-34-22)30(19)11-10-28(13)23(32)15-4-6-16(24)7-5-15/h4-7,13,17H,8-12H2,1-3H3/t13-,17+/m1/s1. The van der Waals surface area contributed by atoms with E-state index in [4.69, 9.17) is 9.72 Å². The van der Waals surface area contributed by atoms with Crippen LogP contribution in [0.25, 0.3) is 10.8 Å². The lowest BCUT2D eigenvalue weighted by molar-refractivity contribution is -0.122. The van der Waals surface area contributed by atoms with Crippen molar-refractivity contribution in [2.75, 3.05) is 25.1 Å². The molecule has 34 heavy (non-hydrogen) atoms. The Morgan fingerprint density at radius 3 is 2.59 bits per heavy atom. The highest BCUT2D eigenvalue weighted by Crippen LogP contribution is 2.39. The second-order valence-electron chi connectivity index (χ2n) is 8.52. The van der Waals surface area contributed by atoms with Gasteiger partial charge in [0.2, 0.25) is 5.91 Å². The number of amides is 2. The number of fused-ring (bicyclic) bond motifs is 1. The van der Waals surface area contributed by atoms with Crippen molar-refractivity contribution in [3.8, 4) is 10.8 Å². The van der Waals surface area contributed by atoms with Gasteiger partial charge in [-0.2, -0.15) is 4.37 Å². The monoisotopic (exact) mass is 484 g/mol. The fourth-order valence-corrected chi connectivity index (χ4v) is 5.33. The van der Waals surface area contributed by atoms with Gasteiger partial charge in [-0.3, -0.25) is 14.5 Å². The Morgan fingerprint density at radius 2 is 1.94 bits per heavy atom. The number of halogens is 1. The van der Waals surface area contributed by atoms with Crippen molar-refractivity contribution in [1.29, 1.82) is 0 Å². The van der Waals surface area contributed by atoms with Crippen LogP contribution in [0.5, 0.6) is 0 Å². The van der Waals surface area contributed by atoms with Crippen molar-refractivity contribution in [1.82, 2.24) is 23.8 Å². The Labute approximate surface area is 200 Å². The Hall–Kier alpha value is -3.18. The second kappa shape index (κ2) is 8.88. The minimum absolute atomic E-state index is 0.0619. The molecule has 2 amide bonds. The van der Waals surface area contributed by atoms with E-state index in [2.05, 4.69) is 9.36 Å². The number of piperidine rings is 1.